The Labute approximate surface area is 154 Å². The normalized spacial score (nSPS) is 18.7. The zero-order valence-corrected chi connectivity index (χ0v) is 16.1. The van der Waals surface area contributed by atoms with Crippen molar-refractivity contribution < 1.29 is 13.2 Å². The molecule has 0 saturated carbocycles. The Balaban J connectivity index is 1.75. The molecule has 1 aliphatic heterocycles. The van der Waals surface area contributed by atoms with Gasteiger partial charge in [-0.25, -0.2) is 8.42 Å². The van der Waals surface area contributed by atoms with E-state index < -0.39 is 10.0 Å². The second-order valence-corrected chi connectivity index (χ2v) is 8.82. The number of anilines is 1. The summed E-state index contributed by atoms with van der Waals surface area (Å²) in [5.41, 5.74) is 1.20. The van der Waals surface area contributed by atoms with Gasteiger partial charge in [0.05, 0.1) is 10.6 Å². The van der Waals surface area contributed by atoms with E-state index in [1.165, 1.54) is 16.4 Å². The molecular weight excluding hydrogens is 352 g/mol. The van der Waals surface area contributed by atoms with Crippen molar-refractivity contribution in [3.05, 3.63) is 41.6 Å². The fourth-order valence-corrected chi connectivity index (χ4v) is 4.81. The second kappa shape index (κ2) is 7.20. The Morgan fingerprint density at radius 2 is 1.96 bits per heavy atom. The van der Waals surface area contributed by atoms with Crippen LogP contribution in [0.25, 0.3) is 0 Å². The predicted octanol–water partition coefficient (Wildman–Crippen LogP) is 2.40. The standard InChI is InChI=1S/C18H24N4O3S/c1-13-5-4-10-22(12-13)26(24,25)16-8-6-15(7-9-16)18(23)19-17-11-14(2)20-21(17)3/h6-9,11,13H,4-5,10,12H2,1-3H3,(H,19,23). The minimum absolute atomic E-state index is 0.222. The Kier molecular flexibility index (Phi) is 5.15. The maximum absolute atomic E-state index is 12.8. The van der Waals surface area contributed by atoms with Gasteiger partial charge in [0.15, 0.2) is 0 Å². The van der Waals surface area contributed by atoms with Crippen LogP contribution in [-0.2, 0) is 17.1 Å². The van der Waals surface area contributed by atoms with Crippen molar-refractivity contribution in [1.82, 2.24) is 14.1 Å². The van der Waals surface area contributed by atoms with Crippen LogP contribution in [0.5, 0.6) is 0 Å². The lowest BCUT2D eigenvalue weighted by Crippen LogP contribution is -2.39. The van der Waals surface area contributed by atoms with Gasteiger partial charge in [-0.05, 0) is 49.9 Å². The number of sulfonamides is 1. The van der Waals surface area contributed by atoms with Gasteiger partial charge < -0.3 is 5.32 Å². The number of aromatic nitrogens is 2. The molecule has 1 fully saturated rings. The first-order valence-electron chi connectivity index (χ1n) is 8.69. The predicted molar refractivity (Wildman–Crippen MR) is 99.5 cm³/mol. The molecule has 1 aliphatic rings. The molecule has 1 saturated heterocycles. The molecule has 140 valence electrons. The van der Waals surface area contributed by atoms with Crippen LogP contribution in [-0.4, -0.2) is 41.5 Å². The monoisotopic (exact) mass is 376 g/mol. The van der Waals surface area contributed by atoms with Crippen LogP contribution >= 0.6 is 0 Å². The average molecular weight is 376 g/mol. The third-order valence-electron chi connectivity index (χ3n) is 4.62. The van der Waals surface area contributed by atoms with Gasteiger partial charge in [0.2, 0.25) is 10.0 Å². The summed E-state index contributed by atoms with van der Waals surface area (Å²) in [7, 11) is -1.76. The Morgan fingerprint density at radius 3 is 2.54 bits per heavy atom. The van der Waals surface area contributed by atoms with Crippen LogP contribution in [0.15, 0.2) is 35.2 Å². The molecule has 1 atom stereocenters. The number of amides is 1. The molecule has 0 aliphatic carbocycles. The topological polar surface area (TPSA) is 84.3 Å². The Bertz CT molecular complexity index is 903. The number of aryl methyl sites for hydroxylation is 2. The summed E-state index contributed by atoms with van der Waals surface area (Å²) in [5, 5.41) is 6.96. The minimum atomic E-state index is -3.51. The number of nitrogens with zero attached hydrogens (tertiary/aromatic N) is 3. The van der Waals surface area contributed by atoms with E-state index in [2.05, 4.69) is 17.3 Å². The van der Waals surface area contributed by atoms with Crippen molar-refractivity contribution in [2.45, 2.75) is 31.6 Å². The molecule has 2 heterocycles. The molecule has 1 unspecified atom stereocenters. The summed E-state index contributed by atoms with van der Waals surface area (Å²) in [6.07, 6.45) is 1.93. The number of piperidine rings is 1. The highest BCUT2D eigenvalue weighted by Crippen LogP contribution is 2.23. The summed E-state index contributed by atoms with van der Waals surface area (Å²) >= 11 is 0. The van der Waals surface area contributed by atoms with Crippen molar-refractivity contribution in [3.8, 4) is 0 Å². The highest BCUT2D eigenvalue weighted by molar-refractivity contribution is 7.89. The van der Waals surface area contributed by atoms with E-state index in [-0.39, 0.29) is 10.8 Å². The van der Waals surface area contributed by atoms with E-state index >= 15 is 0 Å². The smallest absolute Gasteiger partial charge is 0.256 e. The number of rotatable bonds is 4. The number of benzene rings is 1. The van der Waals surface area contributed by atoms with E-state index in [4.69, 9.17) is 0 Å². The fraction of sp³-hybridized carbons (Fsp3) is 0.444. The molecule has 0 spiro atoms. The van der Waals surface area contributed by atoms with E-state index in [1.807, 2.05) is 6.92 Å². The number of hydrogen-bond acceptors (Lipinski definition) is 4. The molecule has 2 aromatic rings. The maximum atomic E-state index is 12.8. The van der Waals surface area contributed by atoms with Crippen molar-refractivity contribution in [2.75, 3.05) is 18.4 Å². The fourth-order valence-electron chi connectivity index (χ4n) is 3.21. The maximum Gasteiger partial charge on any atom is 0.256 e. The number of carbonyl (C=O) groups excluding carboxylic acids is 1. The SMILES string of the molecule is Cc1cc(NC(=O)c2ccc(S(=O)(=O)N3CCCC(C)C3)cc2)n(C)n1. The van der Waals surface area contributed by atoms with Crippen molar-refractivity contribution >= 4 is 21.7 Å². The summed E-state index contributed by atoms with van der Waals surface area (Å²) in [5.74, 6) is 0.654. The highest BCUT2D eigenvalue weighted by atomic mass is 32.2. The molecule has 0 radical (unpaired) electrons. The summed E-state index contributed by atoms with van der Waals surface area (Å²) in [6.45, 7) is 5.01. The lowest BCUT2D eigenvalue weighted by Gasteiger charge is -2.30. The zero-order valence-electron chi connectivity index (χ0n) is 15.3. The summed E-state index contributed by atoms with van der Waals surface area (Å²) < 4.78 is 28.7. The lowest BCUT2D eigenvalue weighted by molar-refractivity contribution is 0.102. The van der Waals surface area contributed by atoms with Crippen molar-refractivity contribution in [3.63, 3.8) is 0 Å². The van der Waals surface area contributed by atoms with Gasteiger partial charge in [-0.3, -0.25) is 9.48 Å². The van der Waals surface area contributed by atoms with E-state index in [0.717, 1.165) is 18.5 Å². The molecule has 1 aromatic carbocycles. The van der Waals surface area contributed by atoms with Crippen LogP contribution in [0.3, 0.4) is 0 Å². The number of nitrogens with one attached hydrogen (secondary N) is 1. The van der Waals surface area contributed by atoms with Crippen molar-refractivity contribution in [1.29, 1.82) is 0 Å². The van der Waals surface area contributed by atoms with Gasteiger partial charge >= 0.3 is 0 Å². The second-order valence-electron chi connectivity index (χ2n) is 6.88. The summed E-state index contributed by atoms with van der Waals surface area (Å²) in [4.78, 5) is 12.6. The van der Waals surface area contributed by atoms with Gasteiger partial charge in [0.25, 0.3) is 5.91 Å². The molecule has 26 heavy (non-hydrogen) atoms. The molecule has 1 N–H and O–H groups in total. The highest BCUT2D eigenvalue weighted by Gasteiger charge is 2.28. The Hall–Kier alpha value is -2.19. The molecule has 1 aromatic heterocycles. The van der Waals surface area contributed by atoms with Crippen molar-refractivity contribution in [2.24, 2.45) is 13.0 Å². The van der Waals surface area contributed by atoms with Gasteiger partial charge in [0, 0.05) is 31.8 Å². The van der Waals surface area contributed by atoms with Gasteiger partial charge in [-0.2, -0.15) is 9.40 Å². The molecule has 7 nitrogen and oxygen atoms in total. The van der Waals surface area contributed by atoms with E-state index in [0.29, 0.717) is 30.4 Å². The molecule has 8 heteroatoms. The van der Waals surface area contributed by atoms with E-state index in [9.17, 15) is 13.2 Å². The minimum Gasteiger partial charge on any atom is -0.307 e. The largest absolute Gasteiger partial charge is 0.307 e. The van der Waals surface area contributed by atoms with Crippen LogP contribution in [0, 0.1) is 12.8 Å². The third kappa shape index (κ3) is 3.81. The molecule has 1 amide bonds. The summed E-state index contributed by atoms with van der Waals surface area (Å²) in [6, 6.07) is 7.85. The van der Waals surface area contributed by atoms with Crippen LogP contribution < -0.4 is 5.32 Å². The molecular formula is C18H24N4O3S. The van der Waals surface area contributed by atoms with Crippen LogP contribution in [0.2, 0.25) is 0 Å². The Morgan fingerprint density at radius 1 is 1.27 bits per heavy atom. The molecule has 3 rings (SSSR count). The number of carbonyl (C=O) groups is 1. The number of hydrogen-bond donors (Lipinski definition) is 1. The molecule has 0 bridgehead atoms. The van der Waals surface area contributed by atoms with Gasteiger partial charge in [-0.15, -0.1) is 0 Å². The third-order valence-corrected chi connectivity index (χ3v) is 6.50. The van der Waals surface area contributed by atoms with Crippen LogP contribution in [0.1, 0.15) is 35.8 Å². The lowest BCUT2D eigenvalue weighted by atomic mass is 10.0. The average Bonchev–Trinajstić information content (AvgIpc) is 2.92. The van der Waals surface area contributed by atoms with Crippen LogP contribution in [0.4, 0.5) is 5.82 Å². The zero-order chi connectivity index (χ0) is 18.9. The van der Waals surface area contributed by atoms with Gasteiger partial charge in [0.1, 0.15) is 5.82 Å². The first-order valence-corrected chi connectivity index (χ1v) is 10.1. The first-order chi connectivity index (χ1) is 12.3. The van der Waals surface area contributed by atoms with E-state index in [1.54, 1.807) is 29.9 Å². The van der Waals surface area contributed by atoms with Gasteiger partial charge in [-0.1, -0.05) is 6.92 Å². The quantitative estimate of drug-likeness (QED) is 0.888. The first kappa shape index (κ1) is 18.6.